The van der Waals surface area contributed by atoms with Gasteiger partial charge in [0.1, 0.15) is 23.0 Å². The van der Waals surface area contributed by atoms with E-state index in [0.717, 1.165) is 0 Å². The van der Waals surface area contributed by atoms with Crippen LogP contribution >= 0.6 is 0 Å². The fraction of sp³-hybridized carbons (Fsp3) is 0.125. The highest BCUT2D eigenvalue weighted by molar-refractivity contribution is 6.10. The fourth-order valence-electron chi connectivity index (χ4n) is 2.31. The van der Waals surface area contributed by atoms with Crippen LogP contribution in [0.2, 0.25) is 0 Å². The highest BCUT2D eigenvalue weighted by Crippen LogP contribution is 2.43. The van der Waals surface area contributed by atoms with E-state index in [4.69, 9.17) is 9.47 Å². The van der Waals surface area contributed by atoms with Crippen LogP contribution in [0.3, 0.4) is 0 Å². The molecule has 0 heterocycles. The van der Waals surface area contributed by atoms with Crippen molar-refractivity contribution in [3.05, 3.63) is 36.4 Å². The Hall–Kier alpha value is -2.62. The molecule has 0 unspecified atom stereocenters. The minimum atomic E-state index is 0.0642. The molecule has 2 N–H and O–H groups in total. The fourth-order valence-corrected chi connectivity index (χ4v) is 2.31. The van der Waals surface area contributed by atoms with E-state index in [2.05, 4.69) is 6.07 Å². The zero-order valence-corrected chi connectivity index (χ0v) is 11.1. The molecule has 0 fully saturated rings. The second kappa shape index (κ2) is 4.49. The van der Waals surface area contributed by atoms with Gasteiger partial charge in [0.25, 0.3) is 0 Å². The summed E-state index contributed by atoms with van der Waals surface area (Å²) in [6.45, 7) is 0. The number of benzene rings is 3. The predicted octanol–water partition coefficient (Wildman–Crippen LogP) is 3.22. The van der Waals surface area contributed by atoms with Gasteiger partial charge in [-0.05, 0) is 30.3 Å². The van der Waals surface area contributed by atoms with Gasteiger partial charge >= 0.3 is 0 Å². The molecule has 4 nitrogen and oxygen atoms in total. The molecule has 3 aromatic carbocycles. The molecule has 0 saturated heterocycles. The average molecular weight is 269 g/mol. The summed E-state index contributed by atoms with van der Waals surface area (Å²) >= 11 is 0. The SMILES string of the molecule is COc1[c]c2c(O)c3ccc(OC)cc3c(O)c2cc1. The van der Waals surface area contributed by atoms with Gasteiger partial charge in [-0.3, -0.25) is 0 Å². The number of phenolic OH excluding ortho intramolecular Hbond substituents is 2. The Balaban J connectivity index is 2.46. The number of fused-ring (bicyclic) bond motifs is 2. The summed E-state index contributed by atoms with van der Waals surface area (Å²) in [6, 6.07) is 11.4. The third-order valence-corrected chi connectivity index (χ3v) is 3.37. The van der Waals surface area contributed by atoms with Gasteiger partial charge in [-0.1, -0.05) is 0 Å². The topological polar surface area (TPSA) is 58.9 Å². The van der Waals surface area contributed by atoms with Crippen LogP contribution in [0.1, 0.15) is 0 Å². The number of hydrogen-bond acceptors (Lipinski definition) is 4. The molecule has 0 spiro atoms. The van der Waals surface area contributed by atoms with Crippen LogP contribution < -0.4 is 9.47 Å². The second-order valence-electron chi connectivity index (χ2n) is 4.42. The Morgan fingerprint density at radius 2 is 1.60 bits per heavy atom. The average Bonchev–Trinajstić information content (AvgIpc) is 2.51. The van der Waals surface area contributed by atoms with E-state index in [-0.39, 0.29) is 11.5 Å². The third kappa shape index (κ3) is 1.69. The van der Waals surface area contributed by atoms with Crippen LogP contribution in [0, 0.1) is 6.07 Å². The number of ether oxygens (including phenoxy) is 2. The summed E-state index contributed by atoms with van der Waals surface area (Å²) in [6.07, 6.45) is 0. The second-order valence-corrected chi connectivity index (χ2v) is 4.42. The smallest absolute Gasteiger partial charge is 0.132 e. The first-order valence-electron chi connectivity index (χ1n) is 6.07. The highest BCUT2D eigenvalue weighted by Gasteiger charge is 2.14. The van der Waals surface area contributed by atoms with Gasteiger partial charge in [0.05, 0.1) is 14.2 Å². The van der Waals surface area contributed by atoms with Gasteiger partial charge < -0.3 is 19.7 Å². The Morgan fingerprint density at radius 3 is 2.30 bits per heavy atom. The van der Waals surface area contributed by atoms with Gasteiger partial charge in [0.2, 0.25) is 0 Å². The number of hydrogen-bond donors (Lipinski definition) is 2. The minimum Gasteiger partial charge on any atom is -0.507 e. The van der Waals surface area contributed by atoms with Crippen molar-refractivity contribution in [1.29, 1.82) is 0 Å². The highest BCUT2D eigenvalue weighted by atomic mass is 16.5. The molecule has 0 aliphatic carbocycles. The van der Waals surface area contributed by atoms with E-state index in [9.17, 15) is 10.2 Å². The molecule has 101 valence electrons. The molecule has 0 saturated carbocycles. The van der Waals surface area contributed by atoms with E-state index < -0.39 is 0 Å². The first-order valence-corrected chi connectivity index (χ1v) is 6.07. The van der Waals surface area contributed by atoms with Crippen molar-refractivity contribution >= 4 is 21.5 Å². The van der Waals surface area contributed by atoms with Gasteiger partial charge in [0.15, 0.2) is 0 Å². The lowest BCUT2D eigenvalue weighted by Gasteiger charge is -2.11. The Morgan fingerprint density at radius 1 is 0.850 bits per heavy atom. The Bertz CT molecular complexity index is 739. The minimum absolute atomic E-state index is 0.0642. The normalized spacial score (nSPS) is 10.9. The van der Waals surface area contributed by atoms with Crippen molar-refractivity contribution in [2.24, 2.45) is 0 Å². The van der Waals surface area contributed by atoms with E-state index in [1.807, 2.05) is 0 Å². The molecule has 0 aliphatic rings. The van der Waals surface area contributed by atoms with Crippen LogP contribution in [0.4, 0.5) is 0 Å². The number of methoxy groups -OCH3 is 2. The number of aromatic hydroxyl groups is 2. The summed E-state index contributed by atoms with van der Waals surface area (Å²) in [5, 5.41) is 22.8. The standard InChI is InChI=1S/C16H13O4/c1-19-9-3-5-11-13(7-9)15(17)12-6-4-10(20-2)8-14(12)16(11)18/h3-7,17-18H,1-2H3. The summed E-state index contributed by atoms with van der Waals surface area (Å²) in [5.74, 6) is 1.27. The zero-order chi connectivity index (χ0) is 14.3. The molecule has 0 aromatic heterocycles. The van der Waals surface area contributed by atoms with Gasteiger partial charge in [-0.2, -0.15) is 0 Å². The molecule has 0 bridgehead atoms. The molecule has 3 aromatic rings. The quantitative estimate of drug-likeness (QED) is 0.554. The lowest BCUT2D eigenvalue weighted by atomic mass is 10.00. The molecule has 3 rings (SSSR count). The predicted molar refractivity (Wildman–Crippen MR) is 76.7 cm³/mol. The Kier molecular flexibility index (Phi) is 2.79. The number of rotatable bonds is 2. The van der Waals surface area contributed by atoms with Gasteiger partial charge in [-0.25, -0.2) is 0 Å². The summed E-state index contributed by atoms with van der Waals surface area (Å²) < 4.78 is 10.2. The van der Waals surface area contributed by atoms with Gasteiger partial charge in [-0.15, -0.1) is 0 Å². The lowest BCUT2D eigenvalue weighted by Crippen LogP contribution is -1.87. The Labute approximate surface area is 115 Å². The summed E-state index contributed by atoms with van der Waals surface area (Å²) in [4.78, 5) is 0. The molecular weight excluding hydrogens is 256 g/mol. The van der Waals surface area contributed by atoms with Crippen LogP contribution in [0.15, 0.2) is 30.3 Å². The zero-order valence-electron chi connectivity index (χ0n) is 11.1. The van der Waals surface area contributed by atoms with Crippen molar-refractivity contribution < 1.29 is 19.7 Å². The van der Waals surface area contributed by atoms with Crippen LogP contribution in [0.25, 0.3) is 21.5 Å². The van der Waals surface area contributed by atoms with Gasteiger partial charge in [0, 0.05) is 27.6 Å². The van der Waals surface area contributed by atoms with Crippen LogP contribution in [0.5, 0.6) is 23.0 Å². The summed E-state index contributed by atoms with van der Waals surface area (Å²) in [7, 11) is 3.08. The van der Waals surface area contributed by atoms with Crippen molar-refractivity contribution in [2.45, 2.75) is 0 Å². The van der Waals surface area contributed by atoms with E-state index in [1.54, 1.807) is 37.4 Å². The first kappa shape index (κ1) is 12.4. The van der Waals surface area contributed by atoms with E-state index in [0.29, 0.717) is 33.0 Å². The van der Waals surface area contributed by atoms with Crippen molar-refractivity contribution in [2.75, 3.05) is 14.2 Å². The molecule has 1 radical (unpaired) electrons. The first-order chi connectivity index (χ1) is 9.65. The van der Waals surface area contributed by atoms with Crippen LogP contribution in [-0.4, -0.2) is 24.4 Å². The maximum absolute atomic E-state index is 10.4. The molecule has 4 heteroatoms. The van der Waals surface area contributed by atoms with Crippen molar-refractivity contribution in [3.8, 4) is 23.0 Å². The maximum Gasteiger partial charge on any atom is 0.132 e. The van der Waals surface area contributed by atoms with E-state index >= 15 is 0 Å². The maximum atomic E-state index is 10.4. The lowest BCUT2D eigenvalue weighted by molar-refractivity contribution is 0.413. The molecule has 20 heavy (non-hydrogen) atoms. The summed E-state index contributed by atoms with van der Waals surface area (Å²) in [5.41, 5.74) is 0. The third-order valence-electron chi connectivity index (χ3n) is 3.37. The van der Waals surface area contributed by atoms with E-state index in [1.165, 1.54) is 7.11 Å². The largest absolute Gasteiger partial charge is 0.507 e. The molecular formula is C16H13O4. The molecule has 0 atom stereocenters. The van der Waals surface area contributed by atoms with Crippen molar-refractivity contribution in [3.63, 3.8) is 0 Å². The monoisotopic (exact) mass is 269 g/mol. The molecule has 0 amide bonds. The van der Waals surface area contributed by atoms with Crippen molar-refractivity contribution in [1.82, 2.24) is 0 Å². The van der Waals surface area contributed by atoms with Crippen LogP contribution in [-0.2, 0) is 0 Å². The number of phenols is 2. The molecule has 0 aliphatic heterocycles.